The fraction of sp³-hybridized carbons (Fsp3) is 0.167. The Kier molecular flexibility index (Phi) is 5.57. The van der Waals surface area contributed by atoms with E-state index >= 15 is 0 Å². The summed E-state index contributed by atoms with van der Waals surface area (Å²) < 4.78 is 4.30. The number of nitriles is 1. The first-order chi connectivity index (χ1) is 14.9. The summed E-state index contributed by atoms with van der Waals surface area (Å²) in [7, 11) is 0. The van der Waals surface area contributed by atoms with E-state index < -0.39 is 0 Å². The molecule has 31 heavy (non-hydrogen) atoms. The number of benzene rings is 2. The van der Waals surface area contributed by atoms with Crippen LogP contribution >= 0.6 is 15.9 Å². The molecular weight excluding hydrogens is 454 g/mol. The Morgan fingerprint density at radius 2 is 1.90 bits per heavy atom. The Bertz CT molecular complexity index is 1420. The Morgan fingerprint density at radius 3 is 2.58 bits per heavy atom. The van der Waals surface area contributed by atoms with Crippen LogP contribution in [0.4, 0.5) is 0 Å². The summed E-state index contributed by atoms with van der Waals surface area (Å²) in [6.45, 7) is 5.97. The molecule has 4 aromatic rings. The second-order valence-electron chi connectivity index (χ2n) is 7.23. The summed E-state index contributed by atoms with van der Waals surface area (Å²) in [4.78, 5) is 17.7. The van der Waals surface area contributed by atoms with Crippen LogP contribution in [0.25, 0.3) is 16.6 Å². The molecule has 0 saturated carbocycles. The normalized spacial score (nSPS) is 11.3. The SMILES string of the molecule is CCc1nc2ccc(Br)cc2c(=O)n1N=Cc1cc(C)n(-c2ccc(C#N)cc2)c1C. The number of hydrogen-bond donors (Lipinski definition) is 0. The number of aryl methyl sites for hydroxylation is 2. The fourth-order valence-corrected chi connectivity index (χ4v) is 4.02. The summed E-state index contributed by atoms with van der Waals surface area (Å²) in [5.41, 5.74) is 4.99. The molecule has 0 amide bonds. The van der Waals surface area contributed by atoms with Gasteiger partial charge in [-0.05, 0) is 62.4 Å². The van der Waals surface area contributed by atoms with Crippen LogP contribution in [0.3, 0.4) is 0 Å². The molecule has 0 aliphatic carbocycles. The van der Waals surface area contributed by atoms with E-state index in [1.165, 1.54) is 4.68 Å². The van der Waals surface area contributed by atoms with Crippen molar-refractivity contribution in [3.05, 3.63) is 91.7 Å². The van der Waals surface area contributed by atoms with E-state index in [-0.39, 0.29) is 5.56 Å². The zero-order valence-electron chi connectivity index (χ0n) is 17.4. The second kappa shape index (κ2) is 8.32. The Morgan fingerprint density at radius 1 is 1.16 bits per heavy atom. The van der Waals surface area contributed by atoms with Crippen molar-refractivity contribution in [2.24, 2.45) is 5.10 Å². The molecule has 0 saturated heterocycles. The van der Waals surface area contributed by atoms with Crippen LogP contribution in [0.2, 0.25) is 0 Å². The van der Waals surface area contributed by atoms with Crippen LogP contribution in [-0.4, -0.2) is 20.4 Å². The molecule has 2 aromatic heterocycles. The number of hydrogen-bond acceptors (Lipinski definition) is 4. The van der Waals surface area contributed by atoms with Crippen molar-refractivity contribution in [2.75, 3.05) is 0 Å². The summed E-state index contributed by atoms with van der Waals surface area (Å²) in [6.07, 6.45) is 2.29. The predicted molar refractivity (Wildman–Crippen MR) is 126 cm³/mol. The highest BCUT2D eigenvalue weighted by Crippen LogP contribution is 2.21. The molecule has 7 heteroatoms. The largest absolute Gasteiger partial charge is 0.318 e. The Labute approximate surface area is 188 Å². The van der Waals surface area contributed by atoms with Gasteiger partial charge in [0, 0.05) is 33.5 Å². The number of fused-ring (bicyclic) bond motifs is 1. The van der Waals surface area contributed by atoms with Crippen LogP contribution in [0, 0.1) is 25.2 Å². The molecule has 154 valence electrons. The highest BCUT2D eigenvalue weighted by Gasteiger charge is 2.12. The lowest BCUT2D eigenvalue weighted by atomic mass is 10.2. The van der Waals surface area contributed by atoms with E-state index in [0.29, 0.717) is 28.7 Å². The molecule has 0 spiro atoms. The van der Waals surface area contributed by atoms with Gasteiger partial charge in [0.15, 0.2) is 0 Å². The lowest BCUT2D eigenvalue weighted by molar-refractivity contribution is 0.734. The minimum atomic E-state index is -0.194. The van der Waals surface area contributed by atoms with Gasteiger partial charge < -0.3 is 4.57 Å². The van der Waals surface area contributed by atoms with E-state index in [1.54, 1.807) is 24.4 Å². The molecule has 0 bridgehead atoms. The summed E-state index contributed by atoms with van der Waals surface area (Å²) in [5.74, 6) is 0.608. The third kappa shape index (κ3) is 3.82. The number of nitrogens with zero attached hydrogens (tertiary/aromatic N) is 5. The molecule has 0 fully saturated rings. The topological polar surface area (TPSA) is 76.0 Å². The fourth-order valence-electron chi connectivity index (χ4n) is 3.66. The molecule has 0 aliphatic heterocycles. The van der Waals surface area contributed by atoms with Gasteiger partial charge in [-0.2, -0.15) is 15.0 Å². The number of halogens is 1. The minimum Gasteiger partial charge on any atom is -0.318 e. The monoisotopic (exact) mass is 473 g/mol. The quantitative estimate of drug-likeness (QED) is 0.396. The van der Waals surface area contributed by atoms with Gasteiger partial charge in [0.25, 0.3) is 5.56 Å². The molecule has 0 N–H and O–H groups in total. The van der Waals surface area contributed by atoms with E-state index in [2.05, 4.69) is 36.7 Å². The van der Waals surface area contributed by atoms with Crippen molar-refractivity contribution in [2.45, 2.75) is 27.2 Å². The highest BCUT2D eigenvalue weighted by atomic mass is 79.9. The third-order valence-electron chi connectivity index (χ3n) is 5.23. The highest BCUT2D eigenvalue weighted by molar-refractivity contribution is 9.10. The van der Waals surface area contributed by atoms with Gasteiger partial charge in [-0.3, -0.25) is 4.79 Å². The maximum absolute atomic E-state index is 13.1. The Balaban J connectivity index is 1.79. The third-order valence-corrected chi connectivity index (χ3v) is 5.72. The molecule has 2 aromatic carbocycles. The number of aromatic nitrogens is 3. The van der Waals surface area contributed by atoms with Crippen LogP contribution < -0.4 is 5.56 Å². The average molecular weight is 474 g/mol. The first kappa shape index (κ1) is 20.8. The van der Waals surface area contributed by atoms with E-state index in [9.17, 15) is 4.79 Å². The van der Waals surface area contributed by atoms with Gasteiger partial charge in [-0.15, -0.1) is 0 Å². The van der Waals surface area contributed by atoms with Crippen molar-refractivity contribution >= 4 is 33.0 Å². The van der Waals surface area contributed by atoms with Crippen molar-refractivity contribution in [1.82, 2.24) is 14.2 Å². The van der Waals surface area contributed by atoms with Gasteiger partial charge in [0.2, 0.25) is 0 Å². The first-order valence-corrected chi connectivity index (χ1v) is 10.7. The van der Waals surface area contributed by atoms with E-state index in [1.807, 2.05) is 51.1 Å². The molecule has 6 nitrogen and oxygen atoms in total. The van der Waals surface area contributed by atoms with Gasteiger partial charge in [-0.25, -0.2) is 4.98 Å². The van der Waals surface area contributed by atoms with Crippen molar-refractivity contribution in [3.63, 3.8) is 0 Å². The van der Waals surface area contributed by atoms with Crippen molar-refractivity contribution in [3.8, 4) is 11.8 Å². The molecule has 0 radical (unpaired) electrons. The lowest BCUT2D eigenvalue weighted by Crippen LogP contribution is -2.22. The lowest BCUT2D eigenvalue weighted by Gasteiger charge is -2.10. The minimum absolute atomic E-state index is 0.194. The van der Waals surface area contributed by atoms with Gasteiger partial charge >= 0.3 is 0 Å². The van der Waals surface area contributed by atoms with Crippen molar-refractivity contribution in [1.29, 1.82) is 5.26 Å². The summed E-state index contributed by atoms with van der Waals surface area (Å²) >= 11 is 3.42. The average Bonchev–Trinajstić information content (AvgIpc) is 3.06. The summed E-state index contributed by atoms with van der Waals surface area (Å²) in [6, 6.07) is 17.1. The standard InChI is InChI=1S/C24H20BrN5O/c1-4-23-28-22-10-7-19(25)12-21(22)24(31)30(23)27-14-18-11-15(2)29(16(18)3)20-8-5-17(13-26)6-9-20/h5-12,14H,4H2,1-3H3. The first-order valence-electron chi connectivity index (χ1n) is 9.88. The van der Waals surface area contributed by atoms with Crippen molar-refractivity contribution < 1.29 is 0 Å². The molecule has 0 atom stereocenters. The van der Waals surface area contributed by atoms with Gasteiger partial charge in [-0.1, -0.05) is 22.9 Å². The van der Waals surface area contributed by atoms with Crippen LogP contribution in [-0.2, 0) is 6.42 Å². The van der Waals surface area contributed by atoms with E-state index in [0.717, 1.165) is 27.1 Å². The summed E-state index contributed by atoms with van der Waals surface area (Å²) in [5, 5.41) is 14.1. The second-order valence-corrected chi connectivity index (χ2v) is 8.14. The van der Waals surface area contributed by atoms with E-state index in [4.69, 9.17) is 5.26 Å². The molecule has 2 heterocycles. The zero-order chi connectivity index (χ0) is 22.1. The molecule has 0 aliphatic rings. The van der Waals surface area contributed by atoms with Gasteiger partial charge in [0.05, 0.1) is 28.8 Å². The zero-order valence-corrected chi connectivity index (χ0v) is 19.0. The Hall–Kier alpha value is -3.50. The van der Waals surface area contributed by atoms with Gasteiger partial charge in [0.1, 0.15) is 5.82 Å². The smallest absolute Gasteiger partial charge is 0.282 e. The van der Waals surface area contributed by atoms with Crippen LogP contribution in [0.1, 0.15) is 35.3 Å². The molecule has 0 unspecified atom stereocenters. The maximum Gasteiger partial charge on any atom is 0.282 e. The van der Waals surface area contributed by atoms with Crippen LogP contribution in [0.15, 0.2) is 62.9 Å². The van der Waals surface area contributed by atoms with Crippen LogP contribution in [0.5, 0.6) is 0 Å². The number of rotatable bonds is 4. The maximum atomic E-state index is 13.1. The molecule has 4 rings (SSSR count). The predicted octanol–water partition coefficient (Wildman–Crippen LogP) is 4.88. The molecular formula is C24H20BrN5O.